The molecule has 74 valence electrons. The van der Waals surface area contributed by atoms with Crippen LogP contribution in [-0.2, 0) is 6.54 Å². The van der Waals surface area contributed by atoms with E-state index in [1.807, 2.05) is 10.9 Å². The number of nitrogens with one attached hydrogen (secondary N) is 1. The van der Waals surface area contributed by atoms with Crippen molar-refractivity contribution in [1.82, 2.24) is 15.1 Å². The van der Waals surface area contributed by atoms with Crippen molar-refractivity contribution in [1.29, 1.82) is 0 Å². The molecule has 0 bridgehead atoms. The van der Waals surface area contributed by atoms with Crippen LogP contribution < -0.4 is 5.32 Å². The van der Waals surface area contributed by atoms with Gasteiger partial charge < -0.3 is 5.32 Å². The Kier molecular flexibility index (Phi) is 3.48. The standard InChI is InChI=1S/C10H19N3/c1-8(2)11-5-10-6-12-13(7-10)9(3)4/h6-9,11H,5H2,1-4H3. The van der Waals surface area contributed by atoms with Crippen LogP contribution in [0.3, 0.4) is 0 Å². The zero-order valence-electron chi connectivity index (χ0n) is 8.91. The third-order valence-electron chi connectivity index (χ3n) is 1.90. The van der Waals surface area contributed by atoms with E-state index >= 15 is 0 Å². The predicted molar refractivity (Wildman–Crippen MR) is 54.6 cm³/mol. The summed E-state index contributed by atoms with van der Waals surface area (Å²) >= 11 is 0. The summed E-state index contributed by atoms with van der Waals surface area (Å²) in [5, 5.41) is 7.63. The van der Waals surface area contributed by atoms with Crippen LogP contribution in [0.4, 0.5) is 0 Å². The minimum Gasteiger partial charge on any atom is -0.310 e. The Hall–Kier alpha value is -0.830. The van der Waals surface area contributed by atoms with Gasteiger partial charge in [-0.2, -0.15) is 5.10 Å². The maximum absolute atomic E-state index is 4.27. The van der Waals surface area contributed by atoms with Crippen molar-refractivity contribution in [3.63, 3.8) is 0 Å². The number of hydrogen-bond donors (Lipinski definition) is 1. The van der Waals surface area contributed by atoms with Crippen LogP contribution in [0.15, 0.2) is 12.4 Å². The van der Waals surface area contributed by atoms with E-state index in [2.05, 4.69) is 44.3 Å². The van der Waals surface area contributed by atoms with E-state index in [-0.39, 0.29) is 0 Å². The van der Waals surface area contributed by atoms with Crippen molar-refractivity contribution in [3.05, 3.63) is 18.0 Å². The van der Waals surface area contributed by atoms with E-state index in [0.29, 0.717) is 12.1 Å². The molecule has 0 unspecified atom stereocenters. The second-order valence-electron chi connectivity index (χ2n) is 3.96. The first kappa shape index (κ1) is 10.3. The van der Waals surface area contributed by atoms with Gasteiger partial charge in [0.05, 0.1) is 6.20 Å². The summed E-state index contributed by atoms with van der Waals surface area (Å²) in [7, 11) is 0. The third-order valence-corrected chi connectivity index (χ3v) is 1.90. The second kappa shape index (κ2) is 4.42. The molecule has 3 nitrogen and oxygen atoms in total. The number of nitrogens with zero attached hydrogens (tertiary/aromatic N) is 2. The lowest BCUT2D eigenvalue weighted by Gasteiger charge is -2.06. The van der Waals surface area contributed by atoms with Crippen molar-refractivity contribution < 1.29 is 0 Å². The summed E-state index contributed by atoms with van der Waals surface area (Å²) in [4.78, 5) is 0. The lowest BCUT2D eigenvalue weighted by molar-refractivity contribution is 0.530. The summed E-state index contributed by atoms with van der Waals surface area (Å²) < 4.78 is 1.98. The Bertz CT molecular complexity index is 250. The lowest BCUT2D eigenvalue weighted by Crippen LogP contribution is -2.21. The van der Waals surface area contributed by atoms with Crippen molar-refractivity contribution in [2.75, 3.05) is 0 Å². The van der Waals surface area contributed by atoms with Crippen LogP contribution in [0.2, 0.25) is 0 Å². The van der Waals surface area contributed by atoms with E-state index in [9.17, 15) is 0 Å². The van der Waals surface area contributed by atoms with E-state index in [0.717, 1.165) is 6.54 Å². The molecule has 1 aromatic heterocycles. The lowest BCUT2D eigenvalue weighted by atomic mass is 10.3. The fraction of sp³-hybridized carbons (Fsp3) is 0.700. The van der Waals surface area contributed by atoms with Gasteiger partial charge in [-0.1, -0.05) is 13.8 Å². The molecule has 0 aromatic carbocycles. The molecule has 13 heavy (non-hydrogen) atoms. The van der Waals surface area contributed by atoms with Crippen LogP contribution >= 0.6 is 0 Å². The molecule has 0 saturated carbocycles. The first-order chi connectivity index (χ1) is 6.09. The second-order valence-corrected chi connectivity index (χ2v) is 3.96. The molecule has 0 aliphatic carbocycles. The third kappa shape index (κ3) is 3.19. The fourth-order valence-corrected chi connectivity index (χ4v) is 1.07. The highest BCUT2D eigenvalue weighted by Gasteiger charge is 2.01. The minimum absolute atomic E-state index is 0.452. The van der Waals surface area contributed by atoms with E-state index in [4.69, 9.17) is 0 Å². The highest BCUT2D eigenvalue weighted by atomic mass is 15.3. The van der Waals surface area contributed by atoms with Gasteiger partial charge >= 0.3 is 0 Å². The zero-order chi connectivity index (χ0) is 9.84. The summed E-state index contributed by atoms with van der Waals surface area (Å²) in [5.74, 6) is 0. The fourth-order valence-electron chi connectivity index (χ4n) is 1.07. The van der Waals surface area contributed by atoms with Gasteiger partial charge in [0.2, 0.25) is 0 Å². The molecule has 1 rings (SSSR count). The van der Waals surface area contributed by atoms with Gasteiger partial charge in [0, 0.05) is 30.4 Å². The Balaban J connectivity index is 2.49. The molecular formula is C10H19N3. The van der Waals surface area contributed by atoms with Crippen LogP contribution in [0.1, 0.15) is 39.3 Å². The molecule has 0 saturated heterocycles. The van der Waals surface area contributed by atoms with Crippen molar-refractivity contribution in [2.24, 2.45) is 0 Å². The van der Waals surface area contributed by atoms with Crippen molar-refractivity contribution >= 4 is 0 Å². The Labute approximate surface area is 80.1 Å². The van der Waals surface area contributed by atoms with E-state index in [1.165, 1.54) is 5.56 Å². The molecule has 1 aromatic rings. The van der Waals surface area contributed by atoms with Gasteiger partial charge in [-0.05, 0) is 13.8 Å². The van der Waals surface area contributed by atoms with Gasteiger partial charge in [-0.3, -0.25) is 4.68 Å². The molecule has 0 amide bonds. The molecule has 0 atom stereocenters. The van der Waals surface area contributed by atoms with Gasteiger partial charge in [-0.15, -0.1) is 0 Å². The van der Waals surface area contributed by atoms with Gasteiger partial charge in [-0.25, -0.2) is 0 Å². The molecule has 1 N–H and O–H groups in total. The summed E-state index contributed by atoms with van der Waals surface area (Å²) in [6, 6.07) is 0.982. The summed E-state index contributed by atoms with van der Waals surface area (Å²) in [6.45, 7) is 9.46. The van der Waals surface area contributed by atoms with Gasteiger partial charge in [0.25, 0.3) is 0 Å². The molecule has 0 spiro atoms. The monoisotopic (exact) mass is 181 g/mol. The average Bonchev–Trinajstić information content (AvgIpc) is 2.48. The largest absolute Gasteiger partial charge is 0.310 e. The molecule has 0 aliphatic rings. The first-order valence-corrected chi connectivity index (χ1v) is 4.86. The summed E-state index contributed by atoms with van der Waals surface area (Å²) in [6.07, 6.45) is 4.02. The molecular weight excluding hydrogens is 162 g/mol. The highest BCUT2D eigenvalue weighted by Crippen LogP contribution is 2.04. The van der Waals surface area contributed by atoms with Crippen LogP contribution in [-0.4, -0.2) is 15.8 Å². The normalized spacial score (nSPS) is 11.5. The minimum atomic E-state index is 0.452. The highest BCUT2D eigenvalue weighted by molar-refractivity contribution is 5.03. The smallest absolute Gasteiger partial charge is 0.0534 e. The molecule has 3 heteroatoms. The van der Waals surface area contributed by atoms with E-state index in [1.54, 1.807) is 0 Å². The first-order valence-electron chi connectivity index (χ1n) is 4.86. The van der Waals surface area contributed by atoms with Crippen LogP contribution in [0.5, 0.6) is 0 Å². The Morgan fingerprint density at radius 1 is 1.38 bits per heavy atom. The van der Waals surface area contributed by atoms with Crippen LogP contribution in [0, 0.1) is 0 Å². The van der Waals surface area contributed by atoms with Crippen molar-refractivity contribution in [2.45, 2.75) is 46.3 Å². The molecule has 0 aliphatic heterocycles. The topological polar surface area (TPSA) is 29.9 Å². The zero-order valence-corrected chi connectivity index (χ0v) is 8.91. The maximum Gasteiger partial charge on any atom is 0.0534 e. The Morgan fingerprint density at radius 3 is 2.54 bits per heavy atom. The van der Waals surface area contributed by atoms with Gasteiger partial charge in [0.1, 0.15) is 0 Å². The average molecular weight is 181 g/mol. The van der Waals surface area contributed by atoms with Crippen molar-refractivity contribution in [3.8, 4) is 0 Å². The molecule has 0 fully saturated rings. The Morgan fingerprint density at radius 2 is 2.08 bits per heavy atom. The molecule has 1 heterocycles. The summed E-state index contributed by atoms with van der Waals surface area (Å²) in [5.41, 5.74) is 1.25. The van der Waals surface area contributed by atoms with Crippen LogP contribution in [0.25, 0.3) is 0 Å². The quantitative estimate of drug-likeness (QED) is 0.769. The maximum atomic E-state index is 4.27. The molecule has 0 radical (unpaired) electrons. The number of aromatic nitrogens is 2. The SMILES string of the molecule is CC(C)NCc1cnn(C(C)C)c1. The number of hydrogen-bond acceptors (Lipinski definition) is 2. The van der Waals surface area contributed by atoms with Gasteiger partial charge in [0.15, 0.2) is 0 Å². The number of rotatable bonds is 4. The van der Waals surface area contributed by atoms with E-state index < -0.39 is 0 Å². The predicted octanol–water partition coefficient (Wildman–Crippen LogP) is 1.96.